The van der Waals surface area contributed by atoms with Crippen LogP contribution in [0.25, 0.3) is 6.08 Å². The molecule has 0 nitrogen and oxygen atoms in total. The third kappa shape index (κ3) is 3.35. The van der Waals surface area contributed by atoms with Crippen LogP contribution in [0.1, 0.15) is 26.3 Å². The van der Waals surface area contributed by atoms with Gasteiger partial charge >= 0.3 is 0 Å². The highest BCUT2D eigenvalue weighted by Crippen LogP contribution is 2.36. The molecule has 0 amide bonds. The summed E-state index contributed by atoms with van der Waals surface area (Å²) >= 11 is 0. The van der Waals surface area contributed by atoms with Gasteiger partial charge in [-0.2, -0.15) is 0 Å². The van der Waals surface area contributed by atoms with Crippen molar-refractivity contribution in [1.29, 1.82) is 0 Å². The molecule has 0 unspecified atom stereocenters. The summed E-state index contributed by atoms with van der Waals surface area (Å²) in [4.78, 5) is 0. The molecule has 0 aliphatic carbocycles. The van der Waals surface area contributed by atoms with E-state index in [1.165, 1.54) is 5.56 Å². The normalized spacial score (nSPS) is 13.4. The van der Waals surface area contributed by atoms with Crippen molar-refractivity contribution in [3.63, 3.8) is 0 Å². The van der Waals surface area contributed by atoms with E-state index in [-0.39, 0.29) is 0 Å². The van der Waals surface area contributed by atoms with E-state index in [0.29, 0.717) is 5.04 Å². The van der Waals surface area contributed by atoms with E-state index >= 15 is 0 Å². The van der Waals surface area contributed by atoms with Gasteiger partial charge in [0.2, 0.25) is 0 Å². The van der Waals surface area contributed by atoms with Gasteiger partial charge in [-0.1, -0.05) is 76.0 Å². The average molecular weight is 218 g/mol. The van der Waals surface area contributed by atoms with Crippen LogP contribution in [0.3, 0.4) is 0 Å². The lowest BCUT2D eigenvalue weighted by Gasteiger charge is -2.34. The predicted octanol–water partition coefficient (Wildman–Crippen LogP) is 4.75. The zero-order valence-corrected chi connectivity index (χ0v) is 11.5. The van der Waals surface area contributed by atoms with Crippen molar-refractivity contribution in [3.8, 4) is 0 Å². The second-order valence-corrected chi connectivity index (χ2v) is 11.0. The van der Waals surface area contributed by atoms with E-state index in [1.807, 2.05) is 0 Å². The van der Waals surface area contributed by atoms with Gasteiger partial charge in [0.15, 0.2) is 0 Å². The first kappa shape index (κ1) is 12.2. The van der Waals surface area contributed by atoms with E-state index in [1.54, 1.807) is 0 Å². The largest absolute Gasteiger partial charge is 0.0936 e. The van der Waals surface area contributed by atoms with Gasteiger partial charge in [0.25, 0.3) is 0 Å². The first-order valence-electron chi connectivity index (χ1n) is 5.57. The maximum atomic E-state index is 2.45. The van der Waals surface area contributed by atoms with Crippen LogP contribution in [-0.2, 0) is 0 Å². The van der Waals surface area contributed by atoms with Crippen LogP contribution in [-0.4, -0.2) is 8.07 Å². The van der Waals surface area contributed by atoms with Gasteiger partial charge in [-0.15, -0.1) is 0 Å². The fourth-order valence-electron chi connectivity index (χ4n) is 1.12. The number of rotatable bonds is 2. The Labute approximate surface area is 95.0 Å². The van der Waals surface area contributed by atoms with Gasteiger partial charge < -0.3 is 0 Å². The van der Waals surface area contributed by atoms with Gasteiger partial charge in [-0.25, -0.2) is 0 Å². The fraction of sp³-hybridized carbons (Fsp3) is 0.429. The lowest BCUT2D eigenvalue weighted by atomic mass is 10.2. The van der Waals surface area contributed by atoms with Crippen LogP contribution in [0, 0.1) is 0 Å². The minimum absolute atomic E-state index is 0.429. The average Bonchev–Trinajstić information content (AvgIpc) is 2.15. The lowest BCUT2D eigenvalue weighted by molar-refractivity contribution is 0.729. The Morgan fingerprint density at radius 3 is 2.00 bits per heavy atom. The minimum atomic E-state index is -1.27. The molecule has 82 valence electrons. The van der Waals surface area contributed by atoms with Gasteiger partial charge in [0.1, 0.15) is 0 Å². The predicted molar refractivity (Wildman–Crippen MR) is 72.7 cm³/mol. The first-order valence-corrected chi connectivity index (χ1v) is 8.65. The van der Waals surface area contributed by atoms with E-state index in [0.717, 1.165) is 0 Å². The summed E-state index contributed by atoms with van der Waals surface area (Å²) in [7, 11) is -1.27. The zero-order chi connectivity index (χ0) is 11.5. The topological polar surface area (TPSA) is 0 Å². The summed E-state index contributed by atoms with van der Waals surface area (Å²) in [5.41, 5.74) is 3.75. The van der Waals surface area contributed by atoms with Crippen molar-refractivity contribution < 1.29 is 0 Å². The first-order chi connectivity index (χ1) is 6.83. The van der Waals surface area contributed by atoms with Crippen molar-refractivity contribution in [2.45, 2.75) is 38.9 Å². The highest BCUT2D eigenvalue weighted by atomic mass is 28.3. The van der Waals surface area contributed by atoms with Gasteiger partial charge in [0.05, 0.1) is 8.07 Å². The van der Waals surface area contributed by atoms with Crippen LogP contribution >= 0.6 is 0 Å². The molecule has 1 aromatic rings. The summed E-state index contributed by atoms with van der Waals surface area (Å²) in [6.07, 6.45) is 2.28. The van der Waals surface area contributed by atoms with Crippen molar-refractivity contribution in [2.24, 2.45) is 0 Å². The Bertz CT molecular complexity index is 328. The van der Waals surface area contributed by atoms with Crippen LogP contribution in [0.5, 0.6) is 0 Å². The SMILES string of the molecule is CC(C)(C)[Si](C)(C)/C=C/c1ccccc1. The van der Waals surface area contributed by atoms with Crippen LogP contribution < -0.4 is 0 Å². The lowest BCUT2D eigenvalue weighted by Crippen LogP contribution is -2.34. The maximum absolute atomic E-state index is 2.45. The molecule has 0 aromatic heterocycles. The molecule has 0 N–H and O–H groups in total. The Balaban J connectivity index is 2.83. The third-order valence-corrected chi connectivity index (χ3v) is 8.29. The number of hydrogen-bond donors (Lipinski definition) is 0. The zero-order valence-electron chi connectivity index (χ0n) is 10.5. The quantitative estimate of drug-likeness (QED) is 0.629. The Morgan fingerprint density at radius 2 is 1.53 bits per heavy atom. The van der Waals surface area contributed by atoms with Crippen molar-refractivity contribution >= 4 is 14.1 Å². The molecule has 0 aliphatic heterocycles. The molecule has 1 heteroatoms. The molecular weight excluding hydrogens is 196 g/mol. The Morgan fingerprint density at radius 1 is 1.00 bits per heavy atom. The van der Waals surface area contributed by atoms with Gasteiger partial charge in [-0.05, 0) is 10.6 Å². The van der Waals surface area contributed by atoms with E-state index in [9.17, 15) is 0 Å². The minimum Gasteiger partial charge on any atom is -0.0936 e. The molecule has 0 saturated heterocycles. The van der Waals surface area contributed by atoms with E-state index in [4.69, 9.17) is 0 Å². The Hall–Kier alpha value is -0.823. The summed E-state index contributed by atoms with van der Waals surface area (Å²) in [5.74, 6) is 0. The Kier molecular flexibility index (Phi) is 3.56. The molecule has 0 radical (unpaired) electrons. The summed E-state index contributed by atoms with van der Waals surface area (Å²) < 4.78 is 0. The summed E-state index contributed by atoms with van der Waals surface area (Å²) in [6, 6.07) is 10.5. The molecule has 1 aromatic carbocycles. The van der Waals surface area contributed by atoms with Gasteiger partial charge in [0, 0.05) is 0 Å². The molecule has 0 bridgehead atoms. The van der Waals surface area contributed by atoms with Crippen LogP contribution in [0.15, 0.2) is 36.0 Å². The fourth-order valence-corrected chi connectivity index (χ4v) is 2.23. The highest BCUT2D eigenvalue weighted by molar-refractivity contribution is 6.85. The molecule has 0 atom stereocenters. The highest BCUT2D eigenvalue weighted by Gasteiger charge is 2.32. The molecule has 1 rings (SSSR count). The third-order valence-electron chi connectivity index (χ3n) is 3.43. The second kappa shape index (κ2) is 4.36. The van der Waals surface area contributed by atoms with Crippen molar-refractivity contribution in [2.75, 3.05) is 0 Å². The van der Waals surface area contributed by atoms with Crippen molar-refractivity contribution in [1.82, 2.24) is 0 Å². The molecule has 0 heterocycles. The number of benzene rings is 1. The molecule has 0 spiro atoms. The molecule has 0 fully saturated rings. The van der Waals surface area contributed by atoms with Crippen molar-refractivity contribution in [3.05, 3.63) is 41.6 Å². The van der Waals surface area contributed by atoms with Crippen LogP contribution in [0.2, 0.25) is 18.1 Å². The monoisotopic (exact) mass is 218 g/mol. The second-order valence-electron chi connectivity index (χ2n) is 5.72. The molecule has 0 aliphatic rings. The maximum Gasteiger partial charge on any atom is 0.0770 e. The number of hydrogen-bond acceptors (Lipinski definition) is 0. The summed E-state index contributed by atoms with van der Waals surface area (Å²) in [6.45, 7) is 11.9. The summed E-state index contributed by atoms with van der Waals surface area (Å²) in [5, 5.41) is 0.429. The smallest absolute Gasteiger partial charge is 0.0770 e. The molecule has 0 saturated carbocycles. The van der Waals surface area contributed by atoms with Crippen LogP contribution in [0.4, 0.5) is 0 Å². The van der Waals surface area contributed by atoms with Gasteiger partial charge in [-0.3, -0.25) is 0 Å². The van der Waals surface area contributed by atoms with E-state index < -0.39 is 8.07 Å². The molecule has 15 heavy (non-hydrogen) atoms. The standard InChI is InChI=1S/C14H22Si/c1-14(2,3)15(4,5)12-11-13-9-7-6-8-10-13/h6-12H,1-5H3/b12-11+. The van der Waals surface area contributed by atoms with E-state index in [2.05, 4.69) is 76.0 Å². The molecular formula is C14H22Si.